The Bertz CT molecular complexity index is 1660. The predicted molar refractivity (Wildman–Crippen MR) is 168 cm³/mol. The molecule has 0 saturated carbocycles. The molecule has 11 nitrogen and oxygen atoms in total. The normalized spacial score (nSPS) is 17.7. The number of amides is 3. The molecule has 0 spiro atoms. The molecule has 5 rings (SSSR count). The van der Waals surface area contributed by atoms with Crippen LogP contribution in [0.5, 0.6) is 0 Å². The number of aromatic amines is 2. The summed E-state index contributed by atoms with van der Waals surface area (Å²) in [6, 6.07) is 11.6. The largest absolute Gasteiger partial charge is 0.480 e. The molecule has 5 atom stereocenters. The summed E-state index contributed by atoms with van der Waals surface area (Å²) in [4.78, 5) is 60.7. The highest BCUT2D eigenvalue weighted by Gasteiger charge is 2.38. The summed E-state index contributed by atoms with van der Waals surface area (Å²) in [6.07, 6.45) is 5.69. The van der Waals surface area contributed by atoms with E-state index < -0.39 is 42.0 Å². The molecule has 0 bridgehead atoms. The van der Waals surface area contributed by atoms with E-state index in [2.05, 4.69) is 20.6 Å². The third-order valence-corrected chi connectivity index (χ3v) is 8.78. The fourth-order valence-electron chi connectivity index (χ4n) is 6.08. The number of nitrogens with two attached hydrogens (primary N) is 1. The summed E-state index contributed by atoms with van der Waals surface area (Å²) >= 11 is 0. The number of fused-ring (bicyclic) bond motifs is 2. The van der Waals surface area contributed by atoms with Gasteiger partial charge in [0.25, 0.3) is 0 Å². The number of para-hydroxylation sites is 2. The Hall–Kier alpha value is -4.64. The highest BCUT2D eigenvalue weighted by molar-refractivity contribution is 5.95. The summed E-state index contributed by atoms with van der Waals surface area (Å²) < 4.78 is 0. The van der Waals surface area contributed by atoms with E-state index in [4.69, 9.17) is 5.73 Å². The Morgan fingerprint density at radius 1 is 0.955 bits per heavy atom. The van der Waals surface area contributed by atoms with E-state index >= 15 is 0 Å². The number of carboxylic acid groups (broad SMARTS) is 1. The van der Waals surface area contributed by atoms with E-state index in [1.165, 1.54) is 4.90 Å². The van der Waals surface area contributed by atoms with Gasteiger partial charge in [-0.3, -0.25) is 14.4 Å². The summed E-state index contributed by atoms with van der Waals surface area (Å²) in [5.74, 6) is -2.84. The molecule has 0 aliphatic carbocycles. The van der Waals surface area contributed by atoms with Crippen molar-refractivity contribution in [3.05, 3.63) is 72.1 Å². The van der Waals surface area contributed by atoms with Gasteiger partial charge >= 0.3 is 5.97 Å². The predicted octanol–water partition coefficient (Wildman–Crippen LogP) is 2.85. The van der Waals surface area contributed by atoms with E-state index in [0.29, 0.717) is 32.2 Å². The summed E-state index contributed by atoms with van der Waals surface area (Å²) in [6.45, 7) is 3.99. The van der Waals surface area contributed by atoms with Crippen LogP contribution in [-0.4, -0.2) is 74.4 Å². The number of benzene rings is 2. The number of aromatic nitrogens is 2. The molecule has 44 heavy (non-hydrogen) atoms. The topological polar surface area (TPSA) is 173 Å². The van der Waals surface area contributed by atoms with Gasteiger partial charge in [-0.15, -0.1) is 0 Å². The van der Waals surface area contributed by atoms with Crippen molar-refractivity contribution in [3.8, 4) is 0 Å². The SMILES string of the molecule is CCC(C)C(NC(=O)C(Cc1c[nH]c2ccccc12)NC(=O)C1CCCN1C(=O)C(N)Cc1c[nH]c2ccccc12)C(=O)O. The molecule has 2 aromatic carbocycles. The third kappa shape index (κ3) is 6.47. The smallest absolute Gasteiger partial charge is 0.326 e. The number of likely N-dealkylation sites (tertiary alicyclic amines) is 1. The molecule has 1 fully saturated rings. The molecule has 1 aliphatic heterocycles. The van der Waals surface area contributed by atoms with Gasteiger partial charge in [0.2, 0.25) is 17.7 Å². The van der Waals surface area contributed by atoms with Gasteiger partial charge in [-0.25, -0.2) is 4.79 Å². The molecule has 7 N–H and O–H groups in total. The summed E-state index contributed by atoms with van der Waals surface area (Å²) in [7, 11) is 0. The number of carboxylic acids is 1. The van der Waals surface area contributed by atoms with Gasteiger partial charge in [0.15, 0.2) is 0 Å². The van der Waals surface area contributed by atoms with Crippen molar-refractivity contribution in [3.63, 3.8) is 0 Å². The number of nitrogens with one attached hydrogen (secondary N) is 4. The maximum absolute atomic E-state index is 13.7. The second-order valence-electron chi connectivity index (χ2n) is 11.7. The molecular formula is C33H40N6O5. The van der Waals surface area contributed by atoms with Gasteiger partial charge in [-0.05, 0) is 48.4 Å². The lowest BCUT2D eigenvalue weighted by atomic mass is 9.98. The fourth-order valence-corrected chi connectivity index (χ4v) is 6.08. The average molecular weight is 601 g/mol. The van der Waals surface area contributed by atoms with Crippen molar-refractivity contribution in [2.24, 2.45) is 11.7 Å². The summed E-state index contributed by atoms with van der Waals surface area (Å²) in [5.41, 5.74) is 9.96. The van der Waals surface area contributed by atoms with E-state index in [-0.39, 0.29) is 18.2 Å². The molecule has 4 aromatic rings. The lowest BCUT2D eigenvalue weighted by Crippen LogP contribution is -2.58. The van der Waals surface area contributed by atoms with Crippen molar-refractivity contribution in [2.45, 2.75) is 70.1 Å². The monoisotopic (exact) mass is 600 g/mol. The number of carbonyl (C=O) groups excluding carboxylic acids is 3. The van der Waals surface area contributed by atoms with Crippen molar-refractivity contribution < 1.29 is 24.3 Å². The molecule has 0 radical (unpaired) electrons. The first kappa shape index (κ1) is 30.8. The van der Waals surface area contributed by atoms with Gasteiger partial charge in [0.1, 0.15) is 18.1 Å². The Morgan fingerprint density at radius 2 is 1.55 bits per heavy atom. The van der Waals surface area contributed by atoms with Crippen LogP contribution in [0.1, 0.15) is 44.2 Å². The number of H-pyrrole nitrogens is 2. The zero-order valence-electron chi connectivity index (χ0n) is 25.0. The quantitative estimate of drug-likeness (QED) is 0.146. The second kappa shape index (κ2) is 13.3. The Balaban J connectivity index is 1.33. The molecule has 5 unspecified atom stereocenters. The minimum atomic E-state index is -1.14. The number of hydrogen-bond donors (Lipinski definition) is 6. The number of nitrogens with zero attached hydrogens (tertiary/aromatic N) is 1. The first-order valence-electron chi connectivity index (χ1n) is 15.2. The van der Waals surface area contributed by atoms with Crippen LogP contribution >= 0.6 is 0 Å². The molecule has 3 amide bonds. The van der Waals surface area contributed by atoms with Gasteiger partial charge in [-0.1, -0.05) is 56.7 Å². The average Bonchev–Trinajstić information content (AvgIpc) is 3.78. The molecule has 2 aromatic heterocycles. The maximum Gasteiger partial charge on any atom is 0.326 e. The zero-order chi connectivity index (χ0) is 31.4. The van der Waals surface area contributed by atoms with E-state index in [1.807, 2.05) is 61.7 Å². The number of aliphatic carboxylic acids is 1. The van der Waals surface area contributed by atoms with Crippen LogP contribution in [0.2, 0.25) is 0 Å². The summed E-state index contributed by atoms with van der Waals surface area (Å²) in [5, 5.41) is 17.2. The van der Waals surface area contributed by atoms with Crippen LogP contribution in [0.4, 0.5) is 0 Å². The Kier molecular flexibility index (Phi) is 9.34. The van der Waals surface area contributed by atoms with Crippen LogP contribution in [0.15, 0.2) is 60.9 Å². The van der Waals surface area contributed by atoms with Crippen LogP contribution in [-0.2, 0) is 32.0 Å². The Labute approximate surface area is 255 Å². The van der Waals surface area contributed by atoms with Crippen LogP contribution in [0, 0.1) is 5.92 Å². The van der Waals surface area contributed by atoms with Gasteiger partial charge in [-0.2, -0.15) is 0 Å². The minimum absolute atomic E-state index is 0.134. The lowest BCUT2D eigenvalue weighted by Gasteiger charge is -2.29. The first-order valence-corrected chi connectivity index (χ1v) is 15.2. The van der Waals surface area contributed by atoms with E-state index in [1.54, 1.807) is 13.1 Å². The zero-order valence-corrected chi connectivity index (χ0v) is 25.0. The molecular weight excluding hydrogens is 560 g/mol. The van der Waals surface area contributed by atoms with Crippen molar-refractivity contribution in [1.29, 1.82) is 0 Å². The molecule has 11 heteroatoms. The molecule has 3 heterocycles. The lowest BCUT2D eigenvalue weighted by molar-refractivity contribution is -0.144. The first-order chi connectivity index (χ1) is 21.2. The third-order valence-electron chi connectivity index (χ3n) is 8.78. The standard InChI is InChI=1S/C33H40N6O5/c1-3-19(2)29(33(43)44)38-30(40)27(16-21-18-36-26-12-7-5-10-23(21)26)37-31(41)28-13-8-14-39(28)32(42)24(34)15-20-17-35-25-11-6-4-9-22(20)25/h4-7,9-12,17-19,24,27-29,35-36H,3,8,13-16,34H2,1-2H3,(H,37,41)(H,38,40)(H,43,44). The minimum Gasteiger partial charge on any atom is -0.480 e. The Morgan fingerprint density at radius 3 is 2.14 bits per heavy atom. The van der Waals surface area contributed by atoms with Gasteiger partial charge < -0.3 is 36.3 Å². The molecule has 232 valence electrons. The van der Waals surface area contributed by atoms with Gasteiger partial charge in [0, 0.05) is 47.2 Å². The number of rotatable bonds is 12. The molecule has 1 aliphatic rings. The fraction of sp³-hybridized carbons (Fsp3) is 0.394. The molecule has 1 saturated heterocycles. The maximum atomic E-state index is 13.7. The van der Waals surface area contributed by atoms with Gasteiger partial charge in [0.05, 0.1) is 6.04 Å². The van der Waals surface area contributed by atoms with E-state index in [9.17, 15) is 24.3 Å². The van der Waals surface area contributed by atoms with Crippen LogP contribution in [0.25, 0.3) is 21.8 Å². The van der Waals surface area contributed by atoms with Crippen LogP contribution in [0.3, 0.4) is 0 Å². The van der Waals surface area contributed by atoms with Crippen molar-refractivity contribution in [2.75, 3.05) is 6.54 Å². The van der Waals surface area contributed by atoms with E-state index in [0.717, 1.165) is 32.9 Å². The highest BCUT2D eigenvalue weighted by Crippen LogP contribution is 2.24. The van der Waals surface area contributed by atoms with Crippen molar-refractivity contribution >= 4 is 45.5 Å². The van der Waals surface area contributed by atoms with Crippen LogP contribution < -0.4 is 16.4 Å². The number of hydrogen-bond acceptors (Lipinski definition) is 5. The highest BCUT2D eigenvalue weighted by atomic mass is 16.4. The number of carbonyl (C=O) groups is 4. The van der Waals surface area contributed by atoms with Crippen molar-refractivity contribution in [1.82, 2.24) is 25.5 Å². The second-order valence-corrected chi connectivity index (χ2v) is 11.7.